The molecule has 0 radical (unpaired) electrons. The normalized spacial score (nSPS) is 11.7. The van der Waals surface area contributed by atoms with Gasteiger partial charge in [0, 0.05) is 37.6 Å². The van der Waals surface area contributed by atoms with Gasteiger partial charge in [-0.15, -0.1) is 0 Å². The molecule has 6 heteroatoms. The third kappa shape index (κ3) is 4.67. The zero-order chi connectivity index (χ0) is 16.8. The van der Waals surface area contributed by atoms with Crippen molar-refractivity contribution in [1.29, 1.82) is 0 Å². The Kier molecular flexibility index (Phi) is 5.51. The van der Waals surface area contributed by atoms with E-state index in [1.54, 1.807) is 6.07 Å². The SMILES string of the molecule is CCC(C)NC(=O)c1cc(Nc2ccc(N(C)C)cc2)ncn1. The largest absolute Gasteiger partial charge is 0.378 e. The Morgan fingerprint density at radius 2 is 1.91 bits per heavy atom. The van der Waals surface area contributed by atoms with E-state index in [2.05, 4.69) is 20.6 Å². The molecule has 1 heterocycles. The van der Waals surface area contributed by atoms with E-state index in [0.29, 0.717) is 11.5 Å². The Morgan fingerprint density at radius 1 is 1.22 bits per heavy atom. The van der Waals surface area contributed by atoms with Crippen molar-refractivity contribution in [3.05, 3.63) is 42.4 Å². The minimum atomic E-state index is -0.187. The fourth-order valence-electron chi connectivity index (χ4n) is 1.94. The van der Waals surface area contributed by atoms with E-state index in [9.17, 15) is 4.79 Å². The van der Waals surface area contributed by atoms with Crippen molar-refractivity contribution < 1.29 is 4.79 Å². The van der Waals surface area contributed by atoms with Gasteiger partial charge in [0.1, 0.15) is 17.8 Å². The van der Waals surface area contributed by atoms with Gasteiger partial charge in [0.25, 0.3) is 5.91 Å². The highest BCUT2D eigenvalue weighted by Crippen LogP contribution is 2.19. The molecule has 0 aliphatic heterocycles. The molecule has 0 saturated carbocycles. The second-order valence-electron chi connectivity index (χ2n) is 5.64. The molecule has 0 aliphatic rings. The van der Waals surface area contributed by atoms with Gasteiger partial charge in [0.15, 0.2) is 0 Å². The lowest BCUT2D eigenvalue weighted by atomic mass is 10.2. The third-order valence-corrected chi connectivity index (χ3v) is 3.55. The number of anilines is 3. The van der Waals surface area contributed by atoms with E-state index in [0.717, 1.165) is 17.8 Å². The molecule has 23 heavy (non-hydrogen) atoms. The molecular formula is C17H23N5O. The molecule has 6 nitrogen and oxygen atoms in total. The molecule has 0 aliphatic carbocycles. The summed E-state index contributed by atoms with van der Waals surface area (Å²) < 4.78 is 0. The lowest BCUT2D eigenvalue weighted by molar-refractivity contribution is 0.0934. The number of benzene rings is 1. The van der Waals surface area contributed by atoms with Gasteiger partial charge in [-0.1, -0.05) is 6.92 Å². The first-order valence-electron chi connectivity index (χ1n) is 7.67. The number of hydrogen-bond donors (Lipinski definition) is 2. The number of nitrogens with one attached hydrogen (secondary N) is 2. The van der Waals surface area contributed by atoms with Crippen molar-refractivity contribution in [2.24, 2.45) is 0 Å². The van der Waals surface area contributed by atoms with E-state index in [4.69, 9.17) is 0 Å². The number of rotatable bonds is 6. The quantitative estimate of drug-likeness (QED) is 0.858. The van der Waals surface area contributed by atoms with Crippen LogP contribution in [-0.4, -0.2) is 36.0 Å². The summed E-state index contributed by atoms with van der Waals surface area (Å²) in [6, 6.07) is 9.73. The predicted octanol–water partition coefficient (Wildman–Crippen LogP) is 2.81. The Morgan fingerprint density at radius 3 is 2.52 bits per heavy atom. The maximum atomic E-state index is 12.1. The summed E-state index contributed by atoms with van der Waals surface area (Å²) in [6.45, 7) is 3.99. The second kappa shape index (κ2) is 7.58. The fraction of sp³-hybridized carbons (Fsp3) is 0.353. The van der Waals surface area contributed by atoms with Crippen LogP contribution in [0, 0.1) is 0 Å². The van der Waals surface area contributed by atoms with Crippen LogP contribution < -0.4 is 15.5 Å². The van der Waals surface area contributed by atoms with Gasteiger partial charge in [-0.3, -0.25) is 4.79 Å². The summed E-state index contributed by atoms with van der Waals surface area (Å²) in [4.78, 5) is 22.3. The molecule has 0 spiro atoms. The molecule has 1 atom stereocenters. The van der Waals surface area contributed by atoms with Crippen molar-refractivity contribution in [3.8, 4) is 0 Å². The van der Waals surface area contributed by atoms with E-state index in [1.807, 2.05) is 57.1 Å². The van der Waals surface area contributed by atoms with E-state index < -0.39 is 0 Å². The third-order valence-electron chi connectivity index (χ3n) is 3.55. The molecule has 0 fully saturated rings. The minimum absolute atomic E-state index is 0.118. The molecule has 1 unspecified atom stereocenters. The summed E-state index contributed by atoms with van der Waals surface area (Å²) >= 11 is 0. The number of carbonyl (C=O) groups excluding carboxylic acids is 1. The van der Waals surface area contributed by atoms with E-state index >= 15 is 0 Å². The Balaban J connectivity index is 2.09. The predicted molar refractivity (Wildman–Crippen MR) is 93.3 cm³/mol. The van der Waals surface area contributed by atoms with Crippen LogP contribution in [-0.2, 0) is 0 Å². The highest BCUT2D eigenvalue weighted by Gasteiger charge is 2.11. The summed E-state index contributed by atoms with van der Waals surface area (Å²) in [5, 5.41) is 6.08. The second-order valence-corrected chi connectivity index (χ2v) is 5.64. The van der Waals surface area contributed by atoms with Crippen molar-refractivity contribution in [3.63, 3.8) is 0 Å². The van der Waals surface area contributed by atoms with E-state index in [1.165, 1.54) is 6.33 Å². The van der Waals surface area contributed by atoms with Crippen LogP contribution in [0.25, 0.3) is 0 Å². The molecular weight excluding hydrogens is 290 g/mol. The average Bonchev–Trinajstić information content (AvgIpc) is 2.55. The van der Waals surface area contributed by atoms with Gasteiger partial charge in [-0.25, -0.2) is 9.97 Å². The number of aromatic nitrogens is 2. The Hall–Kier alpha value is -2.63. The maximum Gasteiger partial charge on any atom is 0.270 e. The van der Waals surface area contributed by atoms with Crippen LogP contribution in [0.5, 0.6) is 0 Å². The summed E-state index contributed by atoms with van der Waals surface area (Å²) in [7, 11) is 3.99. The monoisotopic (exact) mass is 313 g/mol. The zero-order valence-electron chi connectivity index (χ0n) is 14.0. The maximum absolute atomic E-state index is 12.1. The van der Waals surface area contributed by atoms with Gasteiger partial charge in [-0.2, -0.15) is 0 Å². The van der Waals surface area contributed by atoms with Gasteiger partial charge in [0.05, 0.1) is 0 Å². The number of nitrogens with zero attached hydrogens (tertiary/aromatic N) is 3. The van der Waals surface area contributed by atoms with Crippen LogP contribution in [0.2, 0.25) is 0 Å². The standard InChI is InChI=1S/C17H23N5O/c1-5-12(2)20-17(23)15-10-16(19-11-18-15)21-13-6-8-14(9-7-13)22(3)4/h6-12H,5H2,1-4H3,(H,20,23)(H,18,19,21). The molecule has 1 amide bonds. The van der Waals surface area contributed by atoms with Crippen LogP contribution in [0.3, 0.4) is 0 Å². The molecule has 1 aromatic heterocycles. The fourth-order valence-corrected chi connectivity index (χ4v) is 1.94. The molecule has 2 aromatic rings. The van der Waals surface area contributed by atoms with Crippen LogP contribution in [0.1, 0.15) is 30.8 Å². The highest BCUT2D eigenvalue weighted by molar-refractivity contribution is 5.93. The first kappa shape index (κ1) is 16.7. The van der Waals surface area contributed by atoms with Gasteiger partial charge in [0.2, 0.25) is 0 Å². The van der Waals surface area contributed by atoms with Gasteiger partial charge >= 0.3 is 0 Å². The average molecular weight is 313 g/mol. The van der Waals surface area contributed by atoms with Crippen LogP contribution in [0.4, 0.5) is 17.2 Å². The molecule has 2 N–H and O–H groups in total. The summed E-state index contributed by atoms with van der Waals surface area (Å²) in [5.41, 5.74) is 2.38. The number of amides is 1. The van der Waals surface area contributed by atoms with Crippen molar-refractivity contribution in [1.82, 2.24) is 15.3 Å². The van der Waals surface area contributed by atoms with E-state index in [-0.39, 0.29) is 11.9 Å². The van der Waals surface area contributed by atoms with Gasteiger partial charge < -0.3 is 15.5 Å². The summed E-state index contributed by atoms with van der Waals surface area (Å²) in [6.07, 6.45) is 2.27. The van der Waals surface area contributed by atoms with Crippen molar-refractivity contribution in [2.75, 3.05) is 24.3 Å². The molecule has 122 valence electrons. The molecule has 2 rings (SSSR count). The van der Waals surface area contributed by atoms with Crippen LogP contribution in [0.15, 0.2) is 36.7 Å². The van der Waals surface area contributed by atoms with Crippen molar-refractivity contribution >= 4 is 23.1 Å². The zero-order valence-corrected chi connectivity index (χ0v) is 14.0. The van der Waals surface area contributed by atoms with Crippen LogP contribution >= 0.6 is 0 Å². The minimum Gasteiger partial charge on any atom is -0.378 e. The smallest absolute Gasteiger partial charge is 0.270 e. The Bertz CT molecular complexity index is 654. The summed E-state index contributed by atoms with van der Waals surface area (Å²) in [5.74, 6) is 0.402. The highest BCUT2D eigenvalue weighted by atomic mass is 16.1. The molecule has 0 bridgehead atoms. The first-order chi connectivity index (χ1) is 11.0. The first-order valence-corrected chi connectivity index (χ1v) is 7.67. The van der Waals surface area contributed by atoms with Gasteiger partial charge in [-0.05, 0) is 37.6 Å². The number of hydrogen-bond acceptors (Lipinski definition) is 5. The lowest BCUT2D eigenvalue weighted by Crippen LogP contribution is -2.32. The molecule has 0 saturated heterocycles. The lowest BCUT2D eigenvalue weighted by Gasteiger charge is -2.13. The topological polar surface area (TPSA) is 70.2 Å². The Labute approximate surface area is 137 Å². The molecule has 1 aromatic carbocycles. The van der Waals surface area contributed by atoms with Crippen molar-refractivity contribution in [2.45, 2.75) is 26.3 Å². The number of carbonyl (C=O) groups is 1.